The topological polar surface area (TPSA) is 75.4 Å². The van der Waals surface area contributed by atoms with Crippen molar-refractivity contribution in [3.05, 3.63) is 28.8 Å². The molecule has 0 aliphatic heterocycles. The van der Waals surface area contributed by atoms with Gasteiger partial charge in [-0.05, 0) is 43.8 Å². The molecule has 0 unspecified atom stereocenters. The van der Waals surface area contributed by atoms with Crippen molar-refractivity contribution in [3.8, 4) is 0 Å². The van der Waals surface area contributed by atoms with Crippen molar-refractivity contribution >= 4 is 21.6 Å². The van der Waals surface area contributed by atoms with E-state index in [9.17, 15) is 8.42 Å². The monoisotopic (exact) mass is 333 g/mol. The molecule has 120 valence electrons. The Bertz CT molecular complexity index is 545. The molecule has 5 nitrogen and oxygen atoms in total. The van der Waals surface area contributed by atoms with E-state index < -0.39 is 10.0 Å². The second-order valence-corrected chi connectivity index (χ2v) is 6.91. The van der Waals surface area contributed by atoms with Gasteiger partial charge in [-0.2, -0.15) is 0 Å². The Morgan fingerprint density at radius 2 is 1.95 bits per heavy atom. The Kier molecular flexibility index (Phi) is 7.62. The fourth-order valence-electron chi connectivity index (χ4n) is 1.99. The second-order valence-electron chi connectivity index (χ2n) is 4.74. The Hall–Kier alpha value is -0.660. The number of halogens is 1. The zero-order valence-corrected chi connectivity index (χ0v) is 14.2. The van der Waals surface area contributed by atoms with Crippen LogP contribution in [0.3, 0.4) is 0 Å². The standard InChI is InChI=1S/C14H24ClN3O2S/c1-3-18(4-2)9-5-8-17-21(19,20)13-7-6-12(11-16)14(15)10-13/h6-7,10,17H,3-5,8-9,11,16H2,1-2H3. The zero-order valence-electron chi connectivity index (χ0n) is 12.6. The van der Waals surface area contributed by atoms with Gasteiger partial charge < -0.3 is 10.6 Å². The predicted molar refractivity (Wildman–Crippen MR) is 86.9 cm³/mol. The van der Waals surface area contributed by atoms with E-state index in [4.69, 9.17) is 17.3 Å². The predicted octanol–water partition coefficient (Wildman–Crippen LogP) is 1.81. The molecule has 0 spiro atoms. The fraction of sp³-hybridized carbons (Fsp3) is 0.571. The third kappa shape index (κ3) is 5.56. The van der Waals surface area contributed by atoms with E-state index in [2.05, 4.69) is 23.5 Å². The number of sulfonamides is 1. The lowest BCUT2D eigenvalue weighted by atomic mass is 10.2. The summed E-state index contributed by atoms with van der Waals surface area (Å²) in [6, 6.07) is 4.62. The average molecular weight is 334 g/mol. The quantitative estimate of drug-likeness (QED) is 0.676. The Morgan fingerprint density at radius 1 is 1.29 bits per heavy atom. The summed E-state index contributed by atoms with van der Waals surface area (Å²) in [6.07, 6.45) is 0.773. The molecular weight excluding hydrogens is 310 g/mol. The number of hydrogen-bond acceptors (Lipinski definition) is 4. The molecule has 1 aromatic rings. The molecule has 0 fully saturated rings. The van der Waals surface area contributed by atoms with Gasteiger partial charge in [0.2, 0.25) is 10.0 Å². The molecule has 3 N–H and O–H groups in total. The first-order valence-electron chi connectivity index (χ1n) is 7.15. The third-order valence-corrected chi connectivity index (χ3v) is 5.20. The van der Waals surface area contributed by atoms with Gasteiger partial charge in [-0.25, -0.2) is 13.1 Å². The number of nitrogens with one attached hydrogen (secondary N) is 1. The molecule has 0 saturated carbocycles. The minimum absolute atomic E-state index is 0.174. The van der Waals surface area contributed by atoms with E-state index >= 15 is 0 Å². The van der Waals surface area contributed by atoms with Crippen LogP contribution in [0.2, 0.25) is 5.02 Å². The summed E-state index contributed by atoms with van der Waals surface area (Å²) in [5, 5.41) is 0.378. The molecule has 0 atom stereocenters. The summed E-state index contributed by atoms with van der Waals surface area (Å²) in [7, 11) is -3.51. The van der Waals surface area contributed by atoms with Crippen LogP contribution in [0.4, 0.5) is 0 Å². The van der Waals surface area contributed by atoms with Crippen molar-refractivity contribution in [1.82, 2.24) is 9.62 Å². The molecule has 0 amide bonds. The maximum Gasteiger partial charge on any atom is 0.240 e. The van der Waals surface area contributed by atoms with Gasteiger partial charge in [-0.15, -0.1) is 0 Å². The van der Waals surface area contributed by atoms with Crippen molar-refractivity contribution in [3.63, 3.8) is 0 Å². The smallest absolute Gasteiger partial charge is 0.240 e. The lowest BCUT2D eigenvalue weighted by molar-refractivity contribution is 0.300. The van der Waals surface area contributed by atoms with Crippen LogP contribution in [0, 0.1) is 0 Å². The average Bonchev–Trinajstić information content (AvgIpc) is 2.47. The van der Waals surface area contributed by atoms with E-state index in [-0.39, 0.29) is 11.4 Å². The number of hydrogen-bond donors (Lipinski definition) is 2. The highest BCUT2D eigenvalue weighted by Gasteiger charge is 2.15. The van der Waals surface area contributed by atoms with Crippen molar-refractivity contribution in [2.24, 2.45) is 5.73 Å². The number of nitrogens with zero attached hydrogens (tertiary/aromatic N) is 1. The molecule has 1 aromatic carbocycles. The van der Waals surface area contributed by atoms with E-state index in [0.717, 1.165) is 31.6 Å². The van der Waals surface area contributed by atoms with Crippen LogP contribution >= 0.6 is 11.6 Å². The largest absolute Gasteiger partial charge is 0.326 e. The van der Waals surface area contributed by atoms with Crippen molar-refractivity contribution in [2.45, 2.75) is 31.7 Å². The number of rotatable bonds is 9. The Morgan fingerprint density at radius 3 is 2.48 bits per heavy atom. The molecule has 1 rings (SSSR count). The summed E-state index contributed by atoms with van der Waals surface area (Å²) in [4.78, 5) is 2.42. The Balaban J connectivity index is 2.59. The highest BCUT2D eigenvalue weighted by atomic mass is 35.5. The minimum atomic E-state index is -3.51. The maximum absolute atomic E-state index is 12.2. The second kappa shape index (κ2) is 8.70. The lowest BCUT2D eigenvalue weighted by Gasteiger charge is -2.17. The van der Waals surface area contributed by atoms with Gasteiger partial charge in [0, 0.05) is 18.1 Å². The van der Waals surface area contributed by atoms with Gasteiger partial charge in [-0.3, -0.25) is 0 Å². The molecule has 21 heavy (non-hydrogen) atoms. The molecule has 0 saturated heterocycles. The zero-order chi connectivity index (χ0) is 15.9. The van der Waals surface area contributed by atoms with Crippen LogP contribution < -0.4 is 10.5 Å². The summed E-state index contributed by atoms with van der Waals surface area (Å²) in [6.45, 7) is 7.70. The molecule has 0 aliphatic rings. The van der Waals surface area contributed by atoms with Crippen LogP contribution in [0.1, 0.15) is 25.8 Å². The fourth-order valence-corrected chi connectivity index (χ4v) is 3.42. The van der Waals surface area contributed by atoms with Crippen LogP contribution in [-0.4, -0.2) is 39.5 Å². The lowest BCUT2D eigenvalue weighted by Crippen LogP contribution is -2.30. The van der Waals surface area contributed by atoms with Gasteiger partial charge >= 0.3 is 0 Å². The normalized spacial score (nSPS) is 12.0. The van der Waals surface area contributed by atoms with E-state index in [0.29, 0.717) is 11.6 Å². The highest BCUT2D eigenvalue weighted by Crippen LogP contribution is 2.20. The maximum atomic E-state index is 12.2. The van der Waals surface area contributed by atoms with Gasteiger partial charge in [0.05, 0.1) is 4.90 Å². The van der Waals surface area contributed by atoms with Gasteiger partial charge in [0.25, 0.3) is 0 Å². The SMILES string of the molecule is CCN(CC)CCCNS(=O)(=O)c1ccc(CN)c(Cl)c1. The van der Waals surface area contributed by atoms with Crippen molar-refractivity contribution < 1.29 is 8.42 Å². The molecule has 0 radical (unpaired) electrons. The molecule has 0 aromatic heterocycles. The first kappa shape index (κ1) is 18.4. The summed E-state index contributed by atoms with van der Waals surface area (Å²) >= 11 is 6.00. The Labute approximate surface area is 132 Å². The van der Waals surface area contributed by atoms with Gasteiger partial charge in [0.15, 0.2) is 0 Å². The van der Waals surface area contributed by atoms with Crippen LogP contribution in [0.5, 0.6) is 0 Å². The molecule has 0 bridgehead atoms. The van der Waals surface area contributed by atoms with Gasteiger partial charge in [0.1, 0.15) is 0 Å². The van der Waals surface area contributed by atoms with E-state index in [1.807, 2.05) is 0 Å². The third-order valence-electron chi connectivity index (χ3n) is 3.39. The first-order chi connectivity index (χ1) is 9.94. The van der Waals surface area contributed by atoms with Crippen molar-refractivity contribution in [1.29, 1.82) is 0 Å². The van der Waals surface area contributed by atoms with Crippen LogP contribution in [-0.2, 0) is 16.6 Å². The highest BCUT2D eigenvalue weighted by molar-refractivity contribution is 7.89. The first-order valence-corrected chi connectivity index (χ1v) is 9.01. The summed E-state index contributed by atoms with van der Waals surface area (Å²) in [5.74, 6) is 0. The number of nitrogens with two attached hydrogens (primary N) is 1. The van der Waals surface area contributed by atoms with E-state index in [1.165, 1.54) is 12.1 Å². The molecular formula is C14H24ClN3O2S. The van der Waals surface area contributed by atoms with Gasteiger partial charge in [-0.1, -0.05) is 31.5 Å². The van der Waals surface area contributed by atoms with Crippen LogP contribution in [0.25, 0.3) is 0 Å². The summed E-state index contributed by atoms with van der Waals surface area (Å²) in [5.41, 5.74) is 6.24. The summed E-state index contributed by atoms with van der Waals surface area (Å²) < 4.78 is 26.9. The van der Waals surface area contributed by atoms with Crippen molar-refractivity contribution in [2.75, 3.05) is 26.2 Å². The number of benzene rings is 1. The molecule has 0 heterocycles. The van der Waals surface area contributed by atoms with Crippen LogP contribution in [0.15, 0.2) is 23.1 Å². The van der Waals surface area contributed by atoms with E-state index in [1.54, 1.807) is 6.07 Å². The molecule has 0 aliphatic carbocycles. The molecule has 7 heteroatoms. The minimum Gasteiger partial charge on any atom is -0.326 e.